The van der Waals surface area contributed by atoms with Gasteiger partial charge >= 0.3 is 11.7 Å². The molecule has 0 spiro atoms. The van der Waals surface area contributed by atoms with Crippen LogP contribution in [-0.4, -0.2) is 38.8 Å². The molecule has 1 aliphatic heterocycles. The molecule has 3 N–H and O–H groups in total. The van der Waals surface area contributed by atoms with Gasteiger partial charge in [0.2, 0.25) is 5.82 Å². The average molecular weight is 254 g/mol. The number of aromatic amines is 2. The highest BCUT2D eigenvalue weighted by Gasteiger charge is 2.36. The Morgan fingerprint density at radius 1 is 1.50 bits per heavy atom. The van der Waals surface area contributed by atoms with Gasteiger partial charge in [-0.2, -0.15) is 0 Å². The van der Waals surface area contributed by atoms with Crippen molar-refractivity contribution in [2.45, 2.75) is 25.8 Å². The van der Waals surface area contributed by atoms with E-state index in [4.69, 9.17) is 0 Å². The van der Waals surface area contributed by atoms with Crippen LogP contribution in [0.25, 0.3) is 0 Å². The highest BCUT2D eigenvalue weighted by molar-refractivity contribution is 5.78. The second-order valence-corrected chi connectivity index (χ2v) is 4.43. The Balaban J connectivity index is 2.43. The van der Waals surface area contributed by atoms with Gasteiger partial charge in [0, 0.05) is 6.54 Å². The molecule has 0 radical (unpaired) electrons. The molecule has 8 heteroatoms. The highest BCUT2D eigenvalue weighted by Crippen LogP contribution is 2.25. The maximum atomic E-state index is 11.6. The maximum Gasteiger partial charge on any atom is 0.342 e. The number of carbonyl (C=O) groups is 1. The summed E-state index contributed by atoms with van der Waals surface area (Å²) in [6, 6.07) is -0.793. The number of carboxylic acid groups (broad SMARTS) is 1. The lowest BCUT2D eigenvalue weighted by Gasteiger charge is -2.37. The van der Waals surface area contributed by atoms with Gasteiger partial charge in [0.05, 0.1) is 0 Å². The van der Waals surface area contributed by atoms with E-state index in [1.54, 1.807) is 0 Å². The molecule has 2 unspecified atom stereocenters. The molecule has 2 heterocycles. The lowest BCUT2D eigenvalue weighted by Crippen LogP contribution is -2.52. The van der Waals surface area contributed by atoms with Crippen LogP contribution in [0.5, 0.6) is 0 Å². The normalized spacial score (nSPS) is 23.9. The van der Waals surface area contributed by atoms with E-state index < -0.39 is 23.3 Å². The summed E-state index contributed by atoms with van der Waals surface area (Å²) in [6.07, 6.45) is 1.57. The fourth-order valence-corrected chi connectivity index (χ4v) is 2.34. The lowest BCUT2D eigenvalue weighted by atomic mass is 9.91. The molecular formula is C10H14N4O4. The predicted molar refractivity (Wildman–Crippen MR) is 62.6 cm³/mol. The van der Waals surface area contributed by atoms with E-state index in [0.29, 0.717) is 6.54 Å². The number of hydrogen-bond donors (Lipinski definition) is 3. The summed E-state index contributed by atoms with van der Waals surface area (Å²) < 4.78 is 0. The lowest BCUT2D eigenvalue weighted by molar-refractivity contribution is -0.140. The molecule has 0 aromatic carbocycles. The summed E-state index contributed by atoms with van der Waals surface area (Å²) in [5.74, 6) is -1.12. The summed E-state index contributed by atoms with van der Waals surface area (Å²) >= 11 is 0. The quantitative estimate of drug-likeness (QED) is 0.632. The second kappa shape index (κ2) is 4.63. The number of carboxylic acids is 1. The van der Waals surface area contributed by atoms with Crippen LogP contribution in [-0.2, 0) is 4.79 Å². The molecule has 8 nitrogen and oxygen atoms in total. The van der Waals surface area contributed by atoms with Crippen LogP contribution >= 0.6 is 0 Å². The maximum absolute atomic E-state index is 11.6. The molecule has 98 valence electrons. The van der Waals surface area contributed by atoms with Crippen LogP contribution in [0.2, 0.25) is 0 Å². The first-order valence-corrected chi connectivity index (χ1v) is 5.69. The van der Waals surface area contributed by atoms with Crippen molar-refractivity contribution in [3.63, 3.8) is 0 Å². The number of H-pyrrole nitrogens is 2. The SMILES string of the molecule is CC1CCCN(c2n[nH]c(=O)[nH]c2=O)C1C(=O)O. The van der Waals surface area contributed by atoms with E-state index in [9.17, 15) is 19.5 Å². The highest BCUT2D eigenvalue weighted by atomic mass is 16.4. The largest absolute Gasteiger partial charge is 0.480 e. The molecule has 1 fully saturated rings. The van der Waals surface area contributed by atoms with E-state index in [-0.39, 0.29) is 11.7 Å². The van der Waals surface area contributed by atoms with Crippen LogP contribution in [0.15, 0.2) is 9.59 Å². The Morgan fingerprint density at radius 3 is 2.83 bits per heavy atom. The summed E-state index contributed by atoms with van der Waals surface area (Å²) in [5.41, 5.74) is -1.38. The van der Waals surface area contributed by atoms with Gasteiger partial charge < -0.3 is 10.0 Å². The smallest absolute Gasteiger partial charge is 0.342 e. The van der Waals surface area contributed by atoms with E-state index in [1.165, 1.54) is 4.90 Å². The van der Waals surface area contributed by atoms with Crippen molar-refractivity contribution in [1.82, 2.24) is 15.2 Å². The van der Waals surface area contributed by atoms with Gasteiger partial charge in [-0.15, -0.1) is 5.10 Å². The number of anilines is 1. The monoisotopic (exact) mass is 254 g/mol. The summed E-state index contributed by atoms with van der Waals surface area (Å²) in [7, 11) is 0. The number of nitrogens with zero attached hydrogens (tertiary/aromatic N) is 2. The summed E-state index contributed by atoms with van der Waals surface area (Å²) in [4.78, 5) is 37.3. The summed E-state index contributed by atoms with van der Waals surface area (Å²) in [5, 5.41) is 15.0. The third-order valence-corrected chi connectivity index (χ3v) is 3.15. The zero-order valence-corrected chi connectivity index (χ0v) is 9.84. The van der Waals surface area contributed by atoms with Gasteiger partial charge in [-0.1, -0.05) is 6.92 Å². The third kappa shape index (κ3) is 2.13. The number of nitrogens with one attached hydrogen (secondary N) is 2. The van der Waals surface area contributed by atoms with Gasteiger partial charge in [0.25, 0.3) is 5.56 Å². The Labute approximate surface area is 102 Å². The minimum atomic E-state index is -0.991. The molecule has 2 atom stereocenters. The third-order valence-electron chi connectivity index (χ3n) is 3.15. The Morgan fingerprint density at radius 2 is 2.22 bits per heavy atom. The number of rotatable bonds is 2. The van der Waals surface area contributed by atoms with Crippen LogP contribution in [0.4, 0.5) is 5.82 Å². The molecule has 1 aliphatic rings. The van der Waals surface area contributed by atoms with Crippen LogP contribution in [0, 0.1) is 5.92 Å². The first kappa shape index (κ1) is 12.3. The van der Waals surface area contributed by atoms with Gasteiger partial charge in [0.1, 0.15) is 6.04 Å². The van der Waals surface area contributed by atoms with Crippen molar-refractivity contribution in [3.05, 3.63) is 20.8 Å². The van der Waals surface area contributed by atoms with E-state index in [1.807, 2.05) is 11.9 Å². The molecule has 0 amide bonds. The first-order valence-electron chi connectivity index (χ1n) is 5.69. The number of piperidine rings is 1. The zero-order chi connectivity index (χ0) is 13.3. The summed E-state index contributed by atoms with van der Waals surface area (Å²) in [6.45, 7) is 2.26. The van der Waals surface area contributed by atoms with Crippen molar-refractivity contribution >= 4 is 11.8 Å². The van der Waals surface area contributed by atoms with E-state index in [0.717, 1.165) is 12.8 Å². The topological polar surface area (TPSA) is 119 Å². The minimum Gasteiger partial charge on any atom is -0.480 e. The number of aliphatic carboxylic acids is 1. The van der Waals surface area contributed by atoms with Crippen molar-refractivity contribution < 1.29 is 9.90 Å². The van der Waals surface area contributed by atoms with Gasteiger partial charge in [0.15, 0.2) is 0 Å². The fourth-order valence-electron chi connectivity index (χ4n) is 2.34. The minimum absolute atomic E-state index is 0.0476. The van der Waals surface area contributed by atoms with Gasteiger partial charge in [-0.3, -0.25) is 9.78 Å². The zero-order valence-electron chi connectivity index (χ0n) is 9.84. The average Bonchev–Trinajstić information content (AvgIpc) is 2.28. The molecule has 0 saturated carbocycles. The van der Waals surface area contributed by atoms with Crippen LogP contribution < -0.4 is 16.1 Å². The molecule has 18 heavy (non-hydrogen) atoms. The number of aromatic nitrogens is 3. The molecule has 1 saturated heterocycles. The first-order chi connectivity index (χ1) is 8.50. The van der Waals surface area contributed by atoms with E-state index in [2.05, 4.69) is 10.2 Å². The van der Waals surface area contributed by atoms with Crippen LogP contribution in [0.1, 0.15) is 19.8 Å². The molecule has 1 aromatic heterocycles. The molecular weight excluding hydrogens is 240 g/mol. The van der Waals surface area contributed by atoms with Crippen molar-refractivity contribution in [2.75, 3.05) is 11.4 Å². The van der Waals surface area contributed by atoms with E-state index >= 15 is 0 Å². The Kier molecular flexibility index (Phi) is 3.17. The van der Waals surface area contributed by atoms with Crippen molar-refractivity contribution in [2.24, 2.45) is 5.92 Å². The van der Waals surface area contributed by atoms with Crippen LogP contribution in [0.3, 0.4) is 0 Å². The second-order valence-electron chi connectivity index (χ2n) is 4.43. The van der Waals surface area contributed by atoms with Gasteiger partial charge in [-0.25, -0.2) is 14.7 Å². The van der Waals surface area contributed by atoms with Crippen molar-refractivity contribution in [3.8, 4) is 0 Å². The number of hydrogen-bond acceptors (Lipinski definition) is 5. The molecule has 0 aliphatic carbocycles. The molecule has 2 rings (SSSR count). The molecule has 1 aromatic rings. The molecule has 0 bridgehead atoms. The fraction of sp³-hybridized carbons (Fsp3) is 0.600. The van der Waals surface area contributed by atoms with Crippen molar-refractivity contribution in [1.29, 1.82) is 0 Å². The van der Waals surface area contributed by atoms with Gasteiger partial charge in [-0.05, 0) is 18.8 Å². The Bertz CT molecular complexity index is 563. The standard InChI is InChI=1S/C10H14N4O4/c1-5-3-2-4-14(6(5)9(16)17)7-8(15)11-10(18)13-12-7/h5-6H,2-4H2,1H3,(H,16,17)(H2,11,13,15,18). The Hall–Kier alpha value is -2.12. The predicted octanol–water partition coefficient (Wildman–Crippen LogP) is -0.852.